The summed E-state index contributed by atoms with van der Waals surface area (Å²) < 4.78 is 1.67. The summed E-state index contributed by atoms with van der Waals surface area (Å²) >= 11 is 7.74. The minimum absolute atomic E-state index is 0.0401. The molecule has 0 aromatic carbocycles. The number of aryl methyl sites for hydroxylation is 2. The average Bonchev–Trinajstić information content (AvgIpc) is 2.89. The van der Waals surface area contributed by atoms with Gasteiger partial charge in [-0.25, -0.2) is 4.98 Å². The van der Waals surface area contributed by atoms with Gasteiger partial charge in [-0.3, -0.25) is 16.0 Å². The largest absolute Gasteiger partial charge is 0.271 e. The van der Waals surface area contributed by atoms with Crippen LogP contribution in [0.5, 0.6) is 0 Å². The molecular weight excluding hydrogens is 258 g/mol. The van der Waals surface area contributed by atoms with Crippen molar-refractivity contribution >= 4 is 22.9 Å². The first-order chi connectivity index (χ1) is 8.13. The zero-order valence-electron chi connectivity index (χ0n) is 9.64. The van der Waals surface area contributed by atoms with Crippen LogP contribution in [0.1, 0.15) is 23.0 Å². The van der Waals surface area contributed by atoms with E-state index in [2.05, 4.69) is 15.5 Å². The lowest BCUT2D eigenvalue weighted by Crippen LogP contribution is -2.30. The first-order valence-electron chi connectivity index (χ1n) is 5.15. The van der Waals surface area contributed by atoms with E-state index in [0.717, 1.165) is 17.0 Å². The minimum Gasteiger partial charge on any atom is -0.271 e. The maximum atomic E-state index is 6.19. The van der Waals surface area contributed by atoms with E-state index in [-0.39, 0.29) is 6.04 Å². The van der Waals surface area contributed by atoms with Crippen molar-refractivity contribution in [1.82, 2.24) is 20.2 Å². The summed E-state index contributed by atoms with van der Waals surface area (Å²) in [5.41, 5.74) is 7.41. The van der Waals surface area contributed by atoms with Crippen LogP contribution in [0.25, 0.3) is 0 Å². The molecule has 0 aliphatic carbocycles. The molecule has 0 aliphatic rings. The van der Waals surface area contributed by atoms with Crippen LogP contribution in [0.4, 0.5) is 0 Å². The molecule has 1 atom stereocenters. The minimum atomic E-state index is -0.0401. The van der Waals surface area contributed by atoms with E-state index in [1.807, 2.05) is 19.4 Å². The number of nitrogens with one attached hydrogen (secondary N) is 1. The second-order valence-electron chi connectivity index (χ2n) is 3.82. The highest BCUT2D eigenvalue weighted by Gasteiger charge is 2.18. The fourth-order valence-electron chi connectivity index (χ4n) is 1.75. The maximum absolute atomic E-state index is 6.19. The van der Waals surface area contributed by atoms with Crippen LogP contribution < -0.4 is 11.3 Å². The molecule has 7 heteroatoms. The Balaban J connectivity index is 2.24. The lowest BCUT2D eigenvalue weighted by molar-refractivity contribution is 0.540. The SMILES string of the molecule is Cc1nn(C)c(Cl)c1CC(NN)c1cscn1. The molecule has 0 amide bonds. The number of halogens is 1. The van der Waals surface area contributed by atoms with Crippen molar-refractivity contribution in [3.63, 3.8) is 0 Å². The lowest BCUT2D eigenvalue weighted by Gasteiger charge is -2.13. The Bertz CT molecular complexity index is 493. The summed E-state index contributed by atoms with van der Waals surface area (Å²) in [5.74, 6) is 5.56. The number of hydrazine groups is 1. The molecule has 2 heterocycles. The second-order valence-corrected chi connectivity index (χ2v) is 4.89. The highest BCUT2D eigenvalue weighted by atomic mass is 35.5. The molecule has 0 aliphatic heterocycles. The van der Waals surface area contributed by atoms with E-state index in [1.165, 1.54) is 0 Å². The number of aromatic nitrogens is 3. The number of nitrogens with zero attached hydrogens (tertiary/aromatic N) is 3. The van der Waals surface area contributed by atoms with Gasteiger partial charge in [-0.2, -0.15) is 5.10 Å². The van der Waals surface area contributed by atoms with Crippen LogP contribution >= 0.6 is 22.9 Å². The molecule has 92 valence electrons. The van der Waals surface area contributed by atoms with Gasteiger partial charge in [-0.15, -0.1) is 11.3 Å². The van der Waals surface area contributed by atoms with Gasteiger partial charge in [0.05, 0.1) is 22.9 Å². The van der Waals surface area contributed by atoms with E-state index in [4.69, 9.17) is 17.4 Å². The Morgan fingerprint density at radius 1 is 1.65 bits per heavy atom. The van der Waals surface area contributed by atoms with E-state index in [9.17, 15) is 0 Å². The van der Waals surface area contributed by atoms with E-state index in [1.54, 1.807) is 21.5 Å². The normalized spacial score (nSPS) is 12.9. The molecule has 0 saturated heterocycles. The molecule has 17 heavy (non-hydrogen) atoms. The summed E-state index contributed by atoms with van der Waals surface area (Å²) in [7, 11) is 1.83. The molecular formula is C10H14ClN5S. The van der Waals surface area contributed by atoms with Gasteiger partial charge in [0.2, 0.25) is 0 Å². The monoisotopic (exact) mass is 271 g/mol. The smallest absolute Gasteiger partial charge is 0.130 e. The fourth-order valence-corrected chi connectivity index (χ4v) is 2.61. The number of thiazole rings is 1. The van der Waals surface area contributed by atoms with Gasteiger partial charge in [0.25, 0.3) is 0 Å². The number of hydrogen-bond acceptors (Lipinski definition) is 5. The maximum Gasteiger partial charge on any atom is 0.130 e. The molecule has 0 bridgehead atoms. The Morgan fingerprint density at radius 3 is 2.88 bits per heavy atom. The van der Waals surface area contributed by atoms with Crippen molar-refractivity contribution in [1.29, 1.82) is 0 Å². The van der Waals surface area contributed by atoms with Crippen LogP contribution in [0.3, 0.4) is 0 Å². The van der Waals surface area contributed by atoms with E-state index < -0.39 is 0 Å². The van der Waals surface area contributed by atoms with Gasteiger partial charge in [-0.1, -0.05) is 11.6 Å². The first kappa shape index (κ1) is 12.5. The third-order valence-corrected chi connectivity index (χ3v) is 3.77. The van der Waals surface area contributed by atoms with Crippen LogP contribution in [-0.2, 0) is 13.5 Å². The molecule has 0 fully saturated rings. The van der Waals surface area contributed by atoms with Crippen LogP contribution in [0.2, 0.25) is 5.15 Å². The van der Waals surface area contributed by atoms with Gasteiger partial charge < -0.3 is 0 Å². The summed E-state index contributed by atoms with van der Waals surface area (Å²) in [5, 5.41) is 6.90. The predicted octanol–water partition coefficient (Wildman–Crippen LogP) is 1.59. The molecule has 2 rings (SSSR count). The Hall–Kier alpha value is -0.950. The number of rotatable bonds is 4. The third-order valence-electron chi connectivity index (χ3n) is 2.69. The van der Waals surface area contributed by atoms with Gasteiger partial charge >= 0.3 is 0 Å². The second kappa shape index (κ2) is 5.14. The summed E-state index contributed by atoms with van der Waals surface area (Å²) in [6, 6.07) is -0.0401. The van der Waals surface area contributed by atoms with Crippen LogP contribution in [0.15, 0.2) is 10.9 Å². The molecule has 5 nitrogen and oxygen atoms in total. The average molecular weight is 272 g/mol. The summed E-state index contributed by atoms with van der Waals surface area (Å²) in [6.07, 6.45) is 0.679. The van der Waals surface area contributed by atoms with Crippen molar-refractivity contribution in [3.8, 4) is 0 Å². The van der Waals surface area contributed by atoms with Crippen molar-refractivity contribution in [2.24, 2.45) is 12.9 Å². The molecule has 0 radical (unpaired) electrons. The standard InChI is InChI=1S/C10H14ClN5S/c1-6-7(10(11)16(2)15-6)3-8(14-12)9-4-17-5-13-9/h4-5,8,14H,3,12H2,1-2H3. The number of hydrogen-bond donors (Lipinski definition) is 2. The zero-order valence-corrected chi connectivity index (χ0v) is 11.2. The lowest BCUT2D eigenvalue weighted by atomic mass is 10.1. The zero-order chi connectivity index (χ0) is 12.4. The van der Waals surface area contributed by atoms with E-state index >= 15 is 0 Å². The van der Waals surface area contributed by atoms with Gasteiger partial charge in [-0.05, 0) is 13.3 Å². The highest BCUT2D eigenvalue weighted by Crippen LogP contribution is 2.25. The topological polar surface area (TPSA) is 68.8 Å². The van der Waals surface area contributed by atoms with E-state index in [0.29, 0.717) is 11.6 Å². The van der Waals surface area contributed by atoms with Crippen LogP contribution in [0, 0.1) is 6.92 Å². The summed E-state index contributed by atoms with van der Waals surface area (Å²) in [4.78, 5) is 4.26. The molecule has 1 unspecified atom stereocenters. The van der Waals surface area contributed by atoms with Crippen molar-refractivity contribution < 1.29 is 0 Å². The first-order valence-corrected chi connectivity index (χ1v) is 6.47. The van der Waals surface area contributed by atoms with Crippen molar-refractivity contribution in [2.75, 3.05) is 0 Å². The van der Waals surface area contributed by atoms with Gasteiger partial charge in [0.1, 0.15) is 5.15 Å². The predicted molar refractivity (Wildman–Crippen MR) is 68.8 cm³/mol. The van der Waals surface area contributed by atoms with Crippen molar-refractivity contribution in [3.05, 3.63) is 33.0 Å². The van der Waals surface area contributed by atoms with Gasteiger partial charge in [0.15, 0.2) is 0 Å². The fraction of sp³-hybridized carbons (Fsp3) is 0.400. The molecule has 0 saturated carbocycles. The van der Waals surface area contributed by atoms with Crippen molar-refractivity contribution in [2.45, 2.75) is 19.4 Å². The van der Waals surface area contributed by atoms with Gasteiger partial charge in [0, 0.05) is 18.0 Å². The quantitative estimate of drug-likeness (QED) is 0.654. The third kappa shape index (κ3) is 2.50. The Morgan fingerprint density at radius 2 is 2.41 bits per heavy atom. The number of nitrogens with two attached hydrogens (primary N) is 1. The summed E-state index contributed by atoms with van der Waals surface area (Å²) in [6.45, 7) is 1.94. The van der Waals surface area contributed by atoms with Crippen LogP contribution in [-0.4, -0.2) is 14.8 Å². The Labute approximate surface area is 109 Å². The molecule has 2 aromatic rings. The molecule has 3 N–H and O–H groups in total. The highest BCUT2D eigenvalue weighted by molar-refractivity contribution is 7.07. The molecule has 0 spiro atoms. The molecule has 2 aromatic heterocycles. The Kier molecular flexibility index (Phi) is 3.78.